The summed E-state index contributed by atoms with van der Waals surface area (Å²) in [6.45, 7) is 1.28. The first kappa shape index (κ1) is 16.8. The minimum absolute atomic E-state index is 0.0816. The highest BCUT2D eigenvalue weighted by molar-refractivity contribution is 9.08. The monoisotopic (exact) mass is 376 g/mol. The number of rotatable bonds is 6. The van der Waals surface area contributed by atoms with Crippen molar-refractivity contribution in [3.05, 3.63) is 21.7 Å². The second-order valence-electron chi connectivity index (χ2n) is 4.20. The Bertz CT molecular complexity index is 442. The summed E-state index contributed by atoms with van der Waals surface area (Å²) in [5.74, 6) is 0.320. The number of benzene rings is 1. The quantitative estimate of drug-likeness (QED) is 0.607. The fourth-order valence-corrected chi connectivity index (χ4v) is 2.45. The van der Waals surface area contributed by atoms with E-state index in [4.69, 9.17) is 27.9 Å². The third-order valence-corrected chi connectivity index (χ3v) is 3.53. The average Bonchev–Trinajstić information content (AvgIpc) is 2.31. The van der Waals surface area contributed by atoms with Crippen LogP contribution in [-0.2, 0) is 5.33 Å². The van der Waals surface area contributed by atoms with Crippen molar-refractivity contribution in [2.24, 2.45) is 5.92 Å². The first-order chi connectivity index (χ1) is 8.86. The van der Waals surface area contributed by atoms with E-state index >= 15 is 0 Å². The molecule has 0 aromatic heterocycles. The van der Waals surface area contributed by atoms with Crippen molar-refractivity contribution < 1.29 is 18.3 Å². The fraction of sp³-hybridized carbons (Fsp3) is 0.500. The lowest BCUT2D eigenvalue weighted by Gasteiger charge is -2.18. The first-order valence-electron chi connectivity index (χ1n) is 5.51. The fourth-order valence-electron chi connectivity index (χ4n) is 1.34. The second kappa shape index (κ2) is 7.50. The van der Waals surface area contributed by atoms with Crippen molar-refractivity contribution in [1.82, 2.24) is 0 Å². The van der Waals surface area contributed by atoms with Crippen LogP contribution in [-0.4, -0.2) is 13.2 Å². The van der Waals surface area contributed by atoms with Crippen molar-refractivity contribution in [1.29, 1.82) is 0 Å². The molecule has 0 unspecified atom stereocenters. The topological polar surface area (TPSA) is 18.5 Å². The molecule has 0 amide bonds. The summed E-state index contributed by atoms with van der Waals surface area (Å²) in [4.78, 5) is 0. The number of ether oxygens (including phenoxy) is 2. The van der Waals surface area contributed by atoms with Gasteiger partial charge in [0, 0.05) is 17.0 Å². The predicted octanol–water partition coefficient (Wildman–Crippen LogP) is 5.52. The zero-order chi connectivity index (χ0) is 14.6. The highest BCUT2D eigenvalue weighted by Crippen LogP contribution is 2.43. The Hall–Kier alpha value is -0.260. The van der Waals surface area contributed by atoms with Crippen LogP contribution >= 0.6 is 39.1 Å². The van der Waals surface area contributed by atoms with Gasteiger partial charge in [-0.25, -0.2) is 0 Å². The Kier molecular flexibility index (Phi) is 6.63. The van der Waals surface area contributed by atoms with Crippen molar-refractivity contribution in [3.8, 4) is 11.5 Å². The molecule has 0 radical (unpaired) electrons. The summed E-state index contributed by atoms with van der Waals surface area (Å²) in [6.07, 6.45) is 0. The van der Waals surface area contributed by atoms with E-state index in [1.807, 2.05) is 13.8 Å². The van der Waals surface area contributed by atoms with Gasteiger partial charge in [0.05, 0.1) is 16.7 Å². The molecule has 19 heavy (non-hydrogen) atoms. The Morgan fingerprint density at radius 1 is 1.32 bits per heavy atom. The van der Waals surface area contributed by atoms with Gasteiger partial charge in [0.2, 0.25) is 0 Å². The van der Waals surface area contributed by atoms with Gasteiger partial charge in [-0.05, 0) is 5.92 Å². The van der Waals surface area contributed by atoms with Gasteiger partial charge in [0.15, 0.2) is 11.5 Å². The molecular weight excluding hydrogens is 365 g/mol. The smallest absolute Gasteiger partial charge is 0.387 e. The van der Waals surface area contributed by atoms with Crippen LogP contribution < -0.4 is 9.47 Å². The molecule has 2 nitrogen and oxygen atoms in total. The molecule has 0 aliphatic carbocycles. The van der Waals surface area contributed by atoms with Gasteiger partial charge in [-0.1, -0.05) is 53.0 Å². The highest BCUT2D eigenvalue weighted by atomic mass is 79.9. The van der Waals surface area contributed by atoms with Crippen LogP contribution in [0.5, 0.6) is 11.5 Å². The maximum Gasteiger partial charge on any atom is 0.387 e. The second-order valence-corrected chi connectivity index (χ2v) is 5.54. The lowest BCUT2D eigenvalue weighted by atomic mass is 10.2. The van der Waals surface area contributed by atoms with Crippen molar-refractivity contribution in [2.45, 2.75) is 25.8 Å². The Morgan fingerprint density at radius 3 is 2.42 bits per heavy atom. The van der Waals surface area contributed by atoms with Gasteiger partial charge in [-0.15, -0.1) is 0 Å². The van der Waals surface area contributed by atoms with Crippen molar-refractivity contribution in [2.75, 3.05) is 6.61 Å². The minimum atomic E-state index is -2.96. The molecule has 7 heteroatoms. The van der Waals surface area contributed by atoms with Gasteiger partial charge >= 0.3 is 6.61 Å². The van der Waals surface area contributed by atoms with E-state index in [0.29, 0.717) is 12.2 Å². The molecule has 0 spiro atoms. The third kappa shape index (κ3) is 4.65. The lowest BCUT2D eigenvalue weighted by molar-refractivity contribution is -0.0520. The molecule has 1 aromatic rings. The molecule has 0 fully saturated rings. The van der Waals surface area contributed by atoms with E-state index in [1.165, 1.54) is 6.07 Å². The summed E-state index contributed by atoms with van der Waals surface area (Å²) in [7, 11) is 0. The van der Waals surface area contributed by atoms with Gasteiger partial charge in [0.1, 0.15) is 0 Å². The van der Waals surface area contributed by atoms with Crippen LogP contribution in [0, 0.1) is 5.92 Å². The molecule has 0 bridgehead atoms. The normalized spacial score (nSPS) is 11.2. The van der Waals surface area contributed by atoms with E-state index in [9.17, 15) is 8.78 Å². The van der Waals surface area contributed by atoms with Crippen molar-refractivity contribution in [3.63, 3.8) is 0 Å². The zero-order valence-electron chi connectivity index (χ0n) is 10.4. The standard InChI is InChI=1S/C12H13BrCl2F2O2/c1-6(2)5-18-9-3-8(14)10(15)7(4-13)11(9)19-12(16)17/h3,6,12H,4-5H2,1-2H3. The average molecular weight is 378 g/mol. The molecular formula is C12H13BrCl2F2O2. The summed E-state index contributed by atoms with van der Waals surface area (Å²) >= 11 is 15.1. The lowest BCUT2D eigenvalue weighted by Crippen LogP contribution is -2.10. The highest BCUT2D eigenvalue weighted by Gasteiger charge is 2.21. The Balaban J connectivity index is 3.21. The molecule has 0 saturated heterocycles. The van der Waals surface area contributed by atoms with E-state index in [2.05, 4.69) is 20.7 Å². The predicted molar refractivity (Wildman–Crippen MR) is 76.1 cm³/mol. The van der Waals surface area contributed by atoms with E-state index in [0.717, 1.165) is 0 Å². The molecule has 0 atom stereocenters. The molecule has 0 N–H and O–H groups in total. The number of hydrogen-bond donors (Lipinski definition) is 0. The Morgan fingerprint density at radius 2 is 1.95 bits per heavy atom. The molecule has 108 valence electrons. The molecule has 1 aromatic carbocycles. The number of halogens is 5. The van der Waals surface area contributed by atoms with E-state index < -0.39 is 6.61 Å². The summed E-state index contributed by atoms with van der Waals surface area (Å²) in [6, 6.07) is 1.39. The maximum atomic E-state index is 12.5. The summed E-state index contributed by atoms with van der Waals surface area (Å²) in [5, 5.41) is 0.634. The summed E-state index contributed by atoms with van der Waals surface area (Å²) in [5.41, 5.74) is 0.341. The van der Waals surface area contributed by atoms with E-state index in [-0.39, 0.29) is 32.8 Å². The van der Waals surface area contributed by atoms with Crippen molar-refractivity contribution >= 4 is 39.1 Å². The largest absolute Gasteiger partial charge is 0.489 e. The molecule has 0 heterocycles. The number of hydrogen-bond acceptors (Lipinski definition) is 2. The Labute approximate surface area is 129 Å². The van der Waals surface area contributed by atoms with Crippen LogP contribution in [0.15, 0.2) is 6.07 Å². The molecule has 0 aliphatic rings. The van der Waals surface area contributed by atoms with Gasteiger partial charge in [-0.3, -0.25) is 0 Å². The molecule has 0 aliphatic heterocycles. The zero-order valence-corrected chi connectivity index (χ0v) is 13.5. The van der Waals surface area contributed by atoms with Crippen LogP contribution in [0.2, 0.25) is 10.0 Å². The molecule has 0 saturated carbocycles. The minimum Gasteiger partial charge on any atom is -0.489 e. The van der Waals surface area contributed by atoms with Crippen LogP contribution in [0.25, 0.3) is 0 Å². The summed E-state index contributed by atoms with van der Waals surface area (Å²) < 4.78 is 34.9. The van der Waals surface area contributed by atoms with Gasteiger partial charge < -0.3 is 9.47 Å². The third-order valence-electron chi connectivity index (χ3n) is 2.14. The van der Waals surface area contributed by atoms with Crippen LogP contribution in [0.4, 0.5) is 8.78 Å². The maximum absolute atomic E-state index is 12.5. The van der Waals surface area contributed by atoms with Gasteiger partial charge in [-0.2, -0.15) is 8.78 Å². The van der Waals surface area contributed by atoms with Gasteiger partial charge in [0.25, 0.3) is 0 Å². The number of alkyl halides is 3. The van der Waals surface area contributed by atoms with E-state index in [1.54, 1.807) is 0 Å². The first-order valence-corrected chi connectivity index (χ1v) is 7.39. The SMILES string of the molecule is CC(C)COc1cc(Cl)c(Cl)c(CBr)c1OC(F)F. The molecule has 1 rings (SSSR count). The van der Waals surface area contributed by atoms with Crippen LogP contribution in [0.1, 0.15) is 19.4 Å². The van der Waals surface area contributed by atoms with Crippen LogP contribution in [0.3, 0.4) is 0 Å².